The van der Waals surface area contributed by atoms with Gasteiger partial charge in [-0.3, -0.25) is 0 Å². The summed E-state index contributed by atoms with van der Waals surface area (Å²) in [5.41, 5.74) is 0.403. The predicted molar refractivity (Wildman–Crippen MR) is 51.1 cm³/mol. The first kappa shape index (κ1) is 9.69. The largest absolute Gasteiger partial charge is 0.207 e. The van der Waals surface area contributed by atoms with Crippen molar-refractivity contribution in [3.63, 3.8) is 0 Å². The minimum atomic E-state index is -0.363. The van der Waals surface area contributed by atoms with E-state index in [1.54, 1.807) is 6.07 Å². The molecular weight excluding hydrogens is 289 g/mol. The molecule has 1 nitrogen and oxygen atoms in total. The fourth-order valence-corrected chi connectivity index (χ4v) is 2.13. The summed E-state index contributed by atoms with van der Waals surface area (Å²) in [6.45, 7) is 0. The van der Waals surface area contributed by atoms with Crippen molar-refractivity contribution in [3.05, 3.63) is 32.5 Å². The molecule has 0 aliphatic heterocycles. The second-order valence-corrected chi connectivity index (χ2v) is 3.95. The van der Waals surface area contributed by atoms with Crippen molar-refractivity contribution in [2.75, 3.05) is 0 Å². The molecule has 0 amide bonds. The summed E-state index contributed by atoms with van der Waals surface area (Å²) in [4.78, 5) is 0. The number of nitrogens with zero attached hydrogens (tertiary/aromatic N) is 1. The van der Waals surface area contributed by atoms with Crippen LogP contribution in [-0.4, -0.2) is 0 Å². The average Bonchev–Trinajstić information content (AvgIpc) is 1.96. The standard InChI is InChI=1S/C8H4Br2FN/c9-5-3-7(10)6(1-2-12)8(11)4-5/h3-4H,1H2. The normalized spacial score (nSPS) is 9.50. The van der Waals surface area contributed by atoms with E-state index in [4.69, 9.17) is 5.26 Å². The quantitative estimate of drug-likeness (QED) is 0.778. The molecule has 0 aliphatic carbocycles. The van der Waals surface area contributed by atoms with Crippen LogP contribution in [-0.2, 0) is 6.42 Å². The lowest BCUT2D eigenvalue weighted by molar-refractivity contribution is 0.613. The van der Waals surface area contributed by atoms with Gasteiger partial charge in [0.1, 0.15) is 5.82 Å². The number of nitriles is 1. The Morgan fingerprint density at radius 1 is 1.42 bits per heavy atom. The number of hydrogen-bond acceptors (Lipinski definition) is 1. The molecule has 4 heteroatoms. The van der Waals surface area contributed by atoms with Crippen molar-refractivity contribution in [1.29, 1.82) is 5.26 Å². The zero-order valence-corrected chi connectivity index (χ0v) is 9.11. The van der Waals surface area contributed by atoms with Gasteiger partial charge < -0.3 is 0 Å². The van der Waals surface area contributed by atoms with Crippen molar-refractivity contribution in [1.82, 2.24) is 0 Å². The number of benzene rings is 1. The maximum absolute atomic E-state index is 13.1. The molecule has 0 aromatic heterocycles. The molecule has 12 heavy (non-hydrogen) atoms. The molecule has 1 aromatic rings. The van der Waals surface area contributed by atoms with Gasteiger partial charge in [-0.1, -0.05) is 31.9 Å². The van der Waals surface area contributed by atoms with E-state index in [9.17, 15) is 4.39 Å². The Morgan fingerprint density at radius 2 is 2.08 bits per heavy atom. The molecule has 0 saturated heterocycles. The van der Waals surface area contributed by atoms with E-state index in [0.717, 1.165) is 0 Å². The van der Waals surface area contributed by atoms with Crippen LogP contribution in [0.2, 0.25) is 0 Å². The first-order valence-electron chi connectivity index (χ1n) is 3.15. The van der Waals surface area contributed by atoms with Gasteiger partial charge in [-0.05, 0) is 12.1 Å². The van der Waals surface area contributed by atoms with Gasteiger partial charge in [0.2, 0.25) is 0 Å². The lowest BCUT2D eigenvalue weighted by Gasteiger charge is -2.01. The molecule has 1 aromatic carbocycles. The maximum atomic E-state index is 13.1. The summed E-state index contributed by atoms with van der Waals surface area (Å²) in [6, 6.07) is 4.96. The summed E-state index contributed by atoms with van der Waals surface area (Å²) >= 11 is 6.32. The van der Waals surface area contributed by atoms with E-state index in [1.165, 1.54) is 6.07 Å². The Bertz CT molecular complexity index is 320. The highest BCUT2D eigenvalue weighted by atomic mass is 79.9. The summed E-state index contributed by atoms with van der Waals surface area (Å²) in [5, 5.41) is 8.39. The van der Waals surface area contributed by atoms with Gasteiger partial charge in [0.25, 0.3) is 0 Å². The monoisotopic (exact) mass is 291 g/mol. The second kappa shape index (κ2) is 4.01. The molecule has 0 fully saturated rings. The Balaban J connectivity index is 3.21. The number of rotatable bonds is 1. The summed E-state index contributed by atoms with van der Waals surface area (Å²) in [6.07, 6.45) is 0.0830. The highest BCUT2D eigenvalue weighted by Crippen LogP contribution is 2.25. The van der Waals surface area contributed by atoms with Gasteiger partial charge in [0.15, 0.2) is 0 Å². The van der Waals surface area contributed by atoms with Crippen molar-refractivity contribution < 1.29 is 4.39 Å². The lowest BCUT2D eigenvalue weighted by Crippen LogP contribution is -1.90. The van der Waals surface area contributed by atoms with E-state index in [1.807, 2.05) is 6.07 Å². The van der Waals surface area contributed by atoms with Crippen LogP contribution in [0.5, 0.6) is 0 Å². The van der Waals surface area contributed by atoms with Gasteiger partial charge in [0, 0.05) is 14.5 Å². The van der Waals surface area contributed by atoms with Crippen LogP contribution < -0.4 is 0 Å². The third-order valence-corrected chi connectivity index (χ3v) is 2.53. The van der Waals surface area contributed by atoms with Gasteiger partial charge in [-0.15, -0.1) is 0 Å². The Hall–Kier alpha value is -0.400. The predicted octanol–water partition coefficient (Wildman–Crippen LogP) is 3.42. The second-order valence-electron chi connectivity index (χ2n) is 2.18. The number of halogens is 3. The minimum Gasteiger partial charge on any atom is -0.207 e. The van der Waals surface area contributed by atoms with Crippen LogP contribution in [0.4, 0.5) is 4.39 Å². The zero-order chi connectivity index (χ0) is 9.14. The number of hydrogen-bond donors (Lipinski definition) is 0. The van der Waals surface area contributed by atoms with E-state index < -0.39 is 0 Å². The highest BCUT2D eigenvalue weighted by molar-refractivity contribution is 9.11. The first-order chi connectivity index (χ1) is 5.65. The maximum Gasteiger partial charge on any atom is 0.129 e. The lowest BCUT2D eigenvalue weighted by atomic mass is 10.1. The summed E-state index contributed by atoms with van der Waals surface area (Å²) in [5.74, 6) is -0.363. The van der Waals surface area contributed by atoms with Crippen molar-refractivity contribution in [2.45, 2.75) is 6.42 Å². The fraction of sp³-hybridized carbons (Fsp3) is 0.125. The molecule has 0 atom stereocenters. The molecule has 0 radical (unpaired) electrons. The van der Waals surface area contributed by atoms with E-state index in [-0.39, 0.29) is 12.2 Å². The van der Waals surface area contributed by atoms with Crippen LogP contribution in [0, 0.1) is 17.1 Å². The molecule has 0 unspecified atom stereocenters. The van der Waals surface area contributed by atoms with Crippen LogP contribution in [0.1, 0.15) is 5.56 Å². The van der Waals surface area contributed by atoms with E-state index in [2.05, 4.69) is 31.9 Å². The van der Waals surface area contributed by atoms with Crippen molar-refractivity contribution in [3.8, 4) is 6.07 Å². The molecule has 0 saturated carbocycles. The SMILES string of the molecule is N#CCc1c(F)cc(Br)cc1Br. The molecule has 0 spiro atoms. The topological polar surface area (TPSA) is 23.8 Å². The van der Waals surface area contributed by atoms with Crippen molar-refractivity contribution >= 4 is 31.9 Å². The molecular formula is C8H4Br2FN. The molecule has 62 valence electrons. The molecule has 0 bridgehead atoms. The first-order valence-corrected chi connectivity index (χ1v) is 4.74. The minimum absolute atomic E-state index is 0.0830. The molecule has 1 rings (SSSR count). The van der Waals surface area contributed by atoms with Gasteiger partial charge in [-0.25, -0.2) is 4.39 Å². The summed E-state index contributed by atoms with van der Waals surface area (Å²) in [7, 11) is 0. The van der Waals surface area contributed by atoms with Crippen LogP contribution in [0.3, 0.4) is 0 Å². The van der Waals surface area contributed by atoms with Gasteiger partial charge in [0.05, 0.1) is 12.5 Å². The highest BCUT2D eigenvalue weighted by Gasteiger charge is 2.07. The van der Waals surface area contributed by atoms with Crippen molar-refractivity contribution in [2.24, 2.45) is 0 Å². The third kappa shape index (κ3) is 2.05. The molecule has 0 N–H and O–H groups in total. The van der Waals surface area contributed by atoms with Crippen LogP contribution >= 0.6 is 31.9 Å². The smallest absolute Gasteiger partial charge is 0.129 e. The Morgan fingerprint density at radius 3 is 2.58 bits per heavy atom. The average molecular weight is 293 g/mol. The van der Waals surface area contributed by atoms with Crippen LogP contribution in [0.25, 0.3) is 0 Å². The fourth-order valence-electron chi connectivity index (χ4n) is 0.820. The summed E-state index contributed by atoms with van der Waals surface area (Å²) < 4.78 is 14.4. The third-order valence-electron chi connectivity index (χ3n) is 1.36. The van der Waals surface area contributed by atoms with Gasteiger partial charge in [-0.2, -0.15) is 5.26 Å². The Labute approximate surface area is 86.5 Å². The van der Waals surface area contributed by atoms with Crippen LogP contribution in [0.15, 0.2) is 21.1 Å². The molecule has 0 heterocycles. The van der Waals surface area contributed by atoms with E-state index >= 15 is 0 Å². The van der Waals surface area contributed by atoms with E-state index in [0.29, 0.717) is 14.5 Å². The van der Waals surface area contributed by atoms with Gasteiger partial charge >= 0.3 is 0 Å². The Kier molecular flexibility index (Phi) is 3.24. The zero-order valence-electron chi connectivity index (χ0n) is 5.94. The molecule has 0 aliphatic rings.